The Labute approximate surface area is 171 Å². The molecule has 0 bridgehead atoms. The molecule has 2 heterocycles. The van der Waals surface area contributed by atoms with Gasteiger partial charge in [0.25, 0.3) is 0 Å². The minimum atomic E-state index is 0.0572. The lowest BCUT2D eigenvalue weighted by Crippen LogP contribution is -2.37. The second kappa shape index (κ2) is 9.18. The summed E-state index contributed by atoms with van der Waals surface area (Å²) in [6.45, 7) is 2.95. The van der Waals surface area contributed by atoms with Crippen molar-refractivity contribution in [1.29, 1.82) is 0 Å². The number of hydrogen-bond donors (Lipinski definition) is 1. The predicted octanol–water partition coefficient (Wildman–Crippen LogP) is 3.31. The number of likely N-dealkylation sites (tertiary alicyclic amines) is 1. The number of amides is 1. The standard InChI is InChI=1S/C23H28N2O4/c1-27-20-7-3-2-6-18(20)19(25-12-4-5-13-25)15-24-23(26)11-9-17-8-10-21-22(14-17)29-16-28-21/h2-3,6-8,10,14,19H,4-5,9,11-13,15-16H2,1H3,(H,24,26). The molecule has 2 aromatic rings. The van der Waals surface area contributed by atoms with E-state index in [1.165, 1.54) is 12.8 Å². The third kappa shape index (κ3) is 4.65. The maximum atomic E-state index is 12.5. The molecular weight excluding hydrogens is 368 g/mol. The third-order valence-electron chi connectivity index (χ3n) is 5.65. The van der Waals surface area contributed by atoms with E-state index < -0.39 is 0 Å². The van der Waals surface area contributed by atoms with E-state index in [-0.39, 0.29) is 18.7 Å². The number of benzene rings is 2. The van der Waals surface area contributed by atoms with E-state index >= 15 is 0 Å². The predicted molar refractivity (Wildman–Crippen MR) is 110 cm³/mol. The zero-order chi connectivity index (χ0) is 20.1. The highest BCUT2D eigenvalue weighted by Gasteiger charge is 2.26. The normalized spacial score (nSPS) is 16.6. The van der Waals surface area contributed by atoms with Crippen molar-refractivity contribution in [2.45, 2.75) is 31.7 Å². The maximum absolute atomic E-state index is 12.5. The average molecular weight is 396 g/mol. The molecule has 1 saturated heterocycles. The lowest BCUT2D eigenvalue weighted by Gasteiger charge is -2.29. The Hall–Kier alpha value is -2.73. The van der Waals surface area contributed by atoms with Crippen LogP contribution in [0.3, 0.4) is 0 Å². The van der Waals surface area contributed by atoms with Gasteiger partial charge in [0.15, 0.2) is 11.5 Å². The van der Waals surface area contributed by atoms with E-state index in [1.54, 1.807) is 7.11 Å². The monoisotopic (exact) mass is 396 g/mol. The van der Waals surface area contributed by atoms with Gasteiger partial charge < -0.3 is 19.5 Å². The highest BCUT2D eigenvalue weighted by molar-refractivity contribution is 5.76. The summed E-state index contributed by atoms with van der Waals surface area (Å²) in [6.07, 6.45) is 3.51. The van der Waals surface area contributed by atoms with Crippen LogP contribution in [0.2, 0.25) is 0 Å². The molecule has 6 nitrogen and oxygen atoms in total. The van der Waals surface area contributed by atoms with E-state index in [0.717, 1.165) is 41.5 Å². The number of ether oxygens (including phenoxy) is 3. The van der Waals surface area contributed by atoms with Crippen LogP contribution in [0.25, 0.3) is 0 Å². The van der Waals surface area contributed by atoms with Gasteiger partial charge in [0.2, 0.25) is 12.7 Å². The number of nitrogens with zero attached hydrogens (tertiary/aromatic N) is 1. The molecule has 1 atom stereocenters. The van der Waals surface area contributed by atoms with Crippen LogP contribution in [-0.4, -0.2) is 44.3 Å². The molecule has 2 aliphatic heterocycles. The van der Waals surface area contributed by atoms with Gasteiger partial charge in [0.05, 0.1) is 13.2 Å². The zero-order valence-corrected chi connectivity index (χ0v) is 16.9. The van der Waals surface area contributed by atoms with Crippen LogP contribution in [-0.2, 0) is 11.2 Å². The van der Waals surface area contributed by atoms with Gasteiger partial charge in [-0.25, -0.2) is 0 Å². The summed E-state index contributed by atoms with van der Waals surface area (Å²) in [4.78, 5) is 15.0. The van der Waals surface area contributed by atoms with Crippen molar-refractivity contribution < 1.29 is 19.0 Å². The summed E-state index contributed by atoms with van der Waals surface area (Å²) in [5.41, 5.74) is 2.21. The van der Waals surface area contributed by atoms with Gasteiger partial charge in [0.1, 0.15) is 5.75 Å². The Bertz CT molecular complexity index is 849. The number of hydrogen-bond acceptors (Lipinski definition) is 5. The Morgan fingerprint density at radius 1 is 1.14 bits per heavy atom. The SMILES string of the molecule is COc1ccccc1C(CNC(=O)CCc1ccc2c(c1)OCO2)N1CCCC1. The average Bonchev–Trinajstić information content (AvgIpc) is 3.44. The van der Waals surface area contributed by atoms with Gasteiger partial charge in [0, 0.05) is 18.5 Å². The molecule has 1 unspecified atom stereocenters. The molecule has 1 N–H and O–H groups in total. The number of rotatable bonds is 8. The van der Waals surface area contributed by atoms with Crippen LogP contribution in [0.15, 0.2) is 42.5 Å². The van der Waals surface area contributed by atoms with Gasteiger partial charge in [-0.3, -0.25) is 9.69 Å². The Kier molecular flexibility index (Phi) is 6.20. The first-order valence-electron chi connectivity index (χ1n) is 10.3. The van der Waals surface area contributed by atoms with Crippen LogP contribution < -0.4 is 19.5 Å². The molecule has 29 heavy (non-hydrogen) atoms. The summed E-state index contributed by atoms with van der Waals surface area (Å²) in [6, 6.07) is 14.1. The van der Waals surface area contributed by atoms with Crippen molar-refractivity contribution in [3.05, 3.63) is 53.6 Å². The number of methoxy groups -OCH3 is 1. The van der Waals surface area contributed by atoms with Crippen LogP contribution >= 0.6 is 0 Å². The third-order valence-corrected chi connectivity index (χ3v) is 5.65. The van der Waals surface area contributed by atoms with Crippen LogP contribution in [0, 0.1) is 0 Å². The highest BCUT2D eigenvalue weighted by atomic mass is 16.7. The molecule has 0 spiro atoms. The first-order valence-corrected chi connectivity index (χ1v) is 10.3. The Morgan fingerprint density at radius 2 is 1.93 bits per heavy atom. The van der Waals surface area contributed by atoms with Crippen molar-refractivity contribution in [3.63, 3.8) is 0 Å². The molecule has 2 aromatic carbocycles. The number of para-hydroxylation sites is 1. The van der Waals surface area contributed by atoms with Crippen molar-refractivity contribution in [1.82, 2.24) is 10.2 Å². The molecule has 0 radical (unpaired) electrons. The topological polar surface area (TPSA) is 60.0 Å². The Balaban J connectivity index is 1.36. The van der Waals surface area contributed by atoms with Gasteiger partial charge >= 0.3 is 0 Å². The fourth-order valence-electron chi connectivity index (χ4n) is 4.08. The van der Waals surface area contributed by atoms with Crippen LogP contribution in [0.5, 0.6) is 17.2 Å². The van der Waals surface area contributed by atoms with E-state index in [9.17, 15) is 4.79 Å². The smallest absolute Gasteiger partial charge is 0.231 e. The van der Waals surface area contributed by atoms with E-state index in [1.807, 2.05) is 36.4 Å². The Morgan fingerprint density at radius 3 is 2.76 bits per heavy atom. The lowest BCUT2D eigenvalue weighted by atomic mass is 10.0. The molecule has 1 fully saturated rings. The number of aryl methyl sites for hydroxylation is 1. The molecule has 1 amide bonds. The van der Waals surface area contributed by atoms with Crippen molar-refractivity contribution in [3.8, 4) is 17.2 Å². The van der Waals surface area contributed by atoms with Crippen LogP contribution in [0.1, 0.15) is 36.4 Å². The number of carbonyl (C=O) groups is 1. The molecule has 0 saturated carbocycles. The van der Waals surface area contributed by atoms with Crippen molar-refractivity contribution >= 4 is 5.91 Å². The minimum absolute atomic E-state index is 0.0572. The zero-order valence-electron chi connectivity index (χ0n) is 16.9. The fourth-order valence-corrected chi connectivity index (χ4v) is 4.08. The molecule has 4 rings (SSSR count). The molecule has 0 aromatic heterocycles. The van der Waals surface area contributed by atoms with Crippen LogP contribution in [0.4, 0.5) is 0 Å². The van der Waals surface area contributed by atoms with Crippen molar-refractivity contribution in [2.24, 2.45) is 0 Å². The van der Waals surface area contributed by atoms with Gasteiger partial charge in [-0.05, 0) is 56.1 Å². The molecule has 6 heteroatoms. The summed E-state index contributed by atoms with van der Waals surface area (Å²) in [5, 5.41) is 3.14. The van der Waals surface area contributed by atoms with E-state index in [2.05, 4.69) is 16.3 Å². The fraction of sp³-hybridized carbons (Fsp3) is 0.435. The maximum Gasteiger partial charge on any atom is 0.231 e. The summed E-state index contributed by atoms with van der Waals surface area (Å²) in [5.74, 6) is 2.46. The van der Waals surface area contributed by atoms with E-state index in [4.69, 9.17) is 14.2 Å². The lowest BCUT2D eigenvalue weighted by molar-refractivity contribution is -0.121. The van der Waals surface area contributed by atoms with Crippen molar-refractivity contribution in [2.75, 3.05) is 33.5 Å². The number of fused-ring (bicyclic) bond motifs is 1. The minimum Gasteiger partial charge on any atom is -0.496 e. The second-order valence-corrected chi connectivity index (χ2v) is 7.49. The number of carbonyl (C=O) groups excluding carboxylic acids is 1. The molecule has 154 valence electrons. The second-order valence-electron chi connectivity index (χ2n) is 7.49. The number of nitrogens with one attached hydrogen (secondary N) is 1. The van der Waals surface area contributed by atoms with Gasteiger partial charge in [-0.15, -0.1) is 0 Å². The molecular formula is C23H28N2O4. The summed E-state index contributed by atoms with van der Waals surface area (Å²) >= 11 is 0. The summed E-state index contributed by atoms with van der Waals surface area (Å²) < 4.78 is 16.3. The summed E-state index contributed by atoms with van der Waals surface area (Å²) in [7, 11) is 1.70. The van der Waals surface area contributed by atoms with Gasteiger partial charge in [-0.1, -0.05) is 24.3 Å². The quantitative estimate of drug-likeness (QED) is 0.742. The molecule has 2 aliphatic rings. The first kappa shape index (κ1) is 19.6. The first-order chi connectivity index (χ1) is 14.2. The van der Waals surface area contributed by atoms with Gasteiger partial charge in [-0.2, -0.15) is 0 Å². The van der Waals surface area contributed by atoms with E-state index in [0.29, 0.717) is 19.4 Å². The largest absolute Gasteiger partial charge is 0.496 e. The molecule has 0 aliphatic carbocycles. The highest BCUT2D eigenvalue weighted by Crippen LogP contribution is 2.33.